The molecule has 0 aromatic heterocycles. The smallest absolute Gasteiger partial charge is 0.305 e. The van der Waals surface area contributed by atoms with Crippen molar-refractivity contribution in [1.29, 1.82) is 0 Å². The van der Waals surface area contributed by atoms with Crippen LogP contribution in [-0.2, 0) is 9.59 Å². The molecule has 4 atom stereocenters. The maximum absolute atomic E-state index is 12.4. The molecule has 5 nitrogen and oxygen atoms in total. The van der Waals surface area contributed by atoms with E-state index in [-0.39, 0.29) is 30.3 Å². The van der Waals surface area contributed by atoms with Crippen LogP contribution in [0.1, 0.15) is 53.9 Å². The summed E-state index contributed by atoms with van der Waals surface area (Å²) in [5, 5.41) is 11.8. The van der Waals surface area contributed by atoms with Crippen LogP contribution in [0.4, 0.5) is 0 Å². The number of nitrogens with one attached hydrogen (secondary N) is 1. The van der Waals surface area contributed by atoms with Crippen molar-refractivity contribution in [2.75, 3.05) is 0 Å². The van der Waals surface area contributed by atoms with Crippen LogP contribution in [0.25, 0.3) is 0 Å². The topological polar surface area (TPSA) is 69.6 Å². The Morgan fingerprint density at radius 1 is 1.20 bits per heavy atom. The highest BCUT2D eigenvalue weighted by molar-refractivity contribution is 5.82. The minimum Gasteiger partial charge on any atom is -0.481 e. The number of nitrogens with zero attached hydrogens (tertiary/aromatic N) is 1. The average molecular weight is 284 g/mol. The summed E-state index contributed by atoms with van der Waals surface area (Å²) < 4.78 is 0. The largest absolute Gasteiger partial charge is 0.481 e. The minimum absolute atomic E-state index is 0.0266. The zero-order chi connectivity index (χ0) is 15.4. The van der Waals surface area contributed by atoms with Crippen molar-refractivity contribution in [1.82, 2.24) is 10.2 Å². The number of carboxylic acids is 1. The number of amides is 1. The fraction of sp³-hybridized carbons (Fsp3) is 0.867. The standard InChI is InChI=1S/C15H28N2O3/c1-9(2)13(8-14(18)19)16-15(20)12(5)17-10(3)6-7-11(17)4/h9-13H,6-8H2,1-5H3,(H,16,20)(H,18,19). The molecule has 116 valence electrons. The van der Waals surface area contributed by atoms with Crippen molar-refractivity contribution in [2.45, 2.75) is 78.0 Å². The molecule has 1 saturated heterocycles. The number of carboxylic acid groups (broad SMARTS) is 1. The molecule has 1 aliphatic heterocycles. The van der Waals surface area contributed by atoms with E-state index in [0.717, 1.165) is 12.8 Å². The van der Waals surface area contributed by atoms with Crippen LogP contribution in [0, 0.1) is 5.92 Å². The lowest BCUT2D eigenvalue weighted by Gasteiger charge is -2.33. The van der Waals surface area contributed by atoms with Gasteiger partial charge in [-0.25, -0.2) is 0 Å². The first kappa shape index (κ1) is 17.0. The second kappa shape index (κ2) is 7.07. The van der Waals surface area contributed by atoms with Gasteiger partial charge in [0.15, 0.2) is 0 Å². The monoisotopic (exact) mass is 284 g/mol. The third-order valence-corrected chi connectivity index (χ3v) is 4.37. The molecular formula is C15H28N2O3. The lowest BCUT2D eigenvalue weighted by molar-refractivity contribution is -0.138. The fourth-order valence-corrected chi connectivity index (χ4v) is 3.06. The normalized spacial score (nSPS) is 26.5. The fourth-order valence-electron chi connectivity index (χ4n) is 3.06. The molecular weight excluding hydrogens is 256 g/mol. The molecule has 2 N–H and O–H groups in total. The number of likely N-dealkylation sites (tertiary alicyclic amines) is 1. The van der Waals surface area contributed by atoms with Gasteiger partial charge in [0.05, 0.1) is 12.5 Å². The van der Waals surface area contributed by atoms with Gasteiger partial charge in [-0.3, -0.25) is 14.5 Å². The molecule has 0 aliphatic carbocycles. The predicted octanol–water partition coefficient (Wildman–Crippen LogP) is 1.86. The van der Waals surface area contributed by atoms with Gasteiger partial charge in [0.2, 0.25) is 5.91 Å². The number of hydrogen-bond acceptors (Lipinski definition) is 3. The number of hydrogen-bond donors (Lipinski definition) is 2. The third-order valence-electron chi connectivity index (χ3n) is 4.37. The second-order valence-corrected chi connectivity index (χ2v) is 6.36. The van der Waals surface area contributed by atoms with Gasteiger partial charge in [-0.15, -0.1) is 0 Å². The first-order chi connectivity index (χ1) is 9.23. The Morgan fingerprint density at radius 2 is 1.70 bits per heavy atom. The van der Waals surface area contributed by atoms with Gasteiger partial charge in [-0.05, 0) is 39.5 Å². The van der Waals surface area contributed by atoms with Crippen LogP contribution in [-0.4, -0.2) is 46.1 Å². The van der Waals surface area contributed by atoms with Crippen LogP contribution >= 0.6 is 0 Å². The molecule has 0 aromatic rings. The number of rotatable bonds is 6. The highest BCUT2D eigenvalue weighted by Gasteiger charge is 2.35. The number of carbonyl (C=O) groups excluding carboxylic acids is 1. The zero-order valence-electron chi connectivity index (χ0n) is 13.2. The Kier molecular flexibility index (Phi) is 5.99. The first-order valence-corrected chi connectivity index (χ1v) is 7.53. The van der Waals surface area contributed by atoms with Crippen molar-refractivity contribution >= 4 is 11.9 Å². The van der Waals surface area contributed by atoms with E-state index in [1.807, 2.05) is 20.8 Å². The maximum atomic E-state index is 12.4. The second-order valence-electron chi connectivity index (χ2n) is 6.36. The van der Waals surface area contributed by atoms with Crippen LogP contribution in [0.2, 0.25) is 0 Å². The number of carbonyl (C=O) groups is 2. The van der Waals surface area contributed by atoms with Crippen molar-refractivity contribution < 1.29 is 14.7 Å². The van der Waals surface area contributed by atoms with Gasteiger partial charge in [0, 0.05) is 18.1 Å². The Labute approximate surface area is 121 Å². The molecule has 1 aliphatic rings. The van der Waals surface area contributed by atoms with E-state index < -0.39 is 5.97 Å². The van der Waals surface area contributed by atoms with Gasteiger partial charge in [-0.2, -0.15) is 0 Å². The van der Waals surface area contributed by atoms with E-state index in [2.05, 4.69) is 24.1 Å². The molecule has 1 fully saturated rings. The SMILES string of the molecule is CC(C)C(CC(=O)O)NC(=O)C(C)N1C(C)CCC1C. The van der Waals surface area contributed by atoms with Crippen LogP contribution < -0.4 is 5.32 Å². The van der Waals surface area contributed by atoms with E-state index in [1.165, 1.54) is 0 Å². The zero-order valence-corrected chi connectivity index (χ0v) is 13.2. The molecule has 4 unspecified atom stereocenters. The summed E-state index contributed by atoms with van der Waals surface area (Å²) in [6.07, 6.45) is 2.20. The molecule has 20 heavy (non-hydrogen) atoms. The summed E-state index contributed by atoms with van der Waals surface area (Å²) in [6.45, 7) is 10.1. The van der Waals surface area contributed by atoms with E-state index in [9.17, 15) is 9.59 Å². The molecule has 0 spiro atoms. The first-order valence-electron chi connectivity index (χ1n) is 7.53. The summed E-state index contributed by atoms with van der Waals surface area (Å²) in [4.78, 5) is 25.5. The minimum atomic E-state index is -0.875. The van der Waals surface area contributed by atoms with Gasteiger partial charge in [-0.1, -0.05) is 13.8 Å². The van der Waals surface area contributed by atoms with Gasteiger partial charge in [0.1, 0.15) is 0 Å². The molecule has 1 amide bonds. The molecule has 5 heteroatoms. The lowest BCUT2D eigenvalue weighted by atomic mass is 10.0. The Hall–Kier alpha value is -1.10. The summed E-state index contributed by atoms with van der Waals surface area (Å²) in [5.74, 6) is -0.833. The molecule has 0 bridgehead atoms. The Bertz CT molecular complexity index is 347. The van der Waals surface area contributed by atoms with Crippen molar-refractivity contribution in [2.24, 2.45) is 5.92 Å². The van der Waals surface area contributed by atoms with Crippen LogP contribution in [0.3, 0.4) is 0 Å². The summed E-state index contributed by atoms with van der Waals surface area (Å²) in [6, 6.07) is 0.290. The molecule has 1 heterocycles. The molecule has 0 aromatic carbocycles. The maximum Gasteiger partial charge on any atom is 0.305 e. The number of aliphatic carboxylic acids is 1. The van der Waals surface area contributed by atoms with Gasteiger partial charge >= 0.3 is 5.97 Å². The van der Waals surface area contributed by atoms with Crippen molar-refractivity contribution in [3.05, 3.63) is 0 Å². The van der Waals surface area contributed by atoms with Crippen molar-refractivity contribution in [3.63, 3.8) is 0 Å². The molecule has 0 radical (unpaired) electrons. The summed E-state index contributed by atoms with van der Waals surface area (Å²) >= 11 is 0. The average Bonchev–Trinajstić information content (AvgIpc) is 2.66. The lowest BCUT2D eigenvalue weighted by Crippen LogP contribution is -2.52. The Balaban J connectivity index is 2.66. The highest BCUT2D eigenvalue weighted by atomic mass is 16.4. The quantitative estimate of drug-likeness (QED) is 0.781. The predicted molar refractivity (Wildman–Crippen MR) is 78.5 cm³/mol. The van der Waals surface area contributed by atoms with Crippen molar-refractivity contribution in [3.8, 4) is 0 Å². The van der Waals surface area contributed by atoms with Gasteiger partial charge in [0.25, 0.3) is 0 Å². The van der Waals surface area contributed by atoms with Gasteiger partial charge < -0.3 is 10.4 Å². The van der Waals surface area contributed by atoms with E-state index in [1.54, 1.807) is 0 Å². The highest BCUT2D eigenvalue weighted by Crippen LogP contribution is 2.26. The van der Waals surface area contributed by atoms with E-state index in [4.69, 9.17) is 5.11 Å². The third kappa shape index (κ3) is 4.20. The van der Waals surface area contributed by atoms with E-state index >= 15 is 0 Å². The summed E-state index contributed by atoms with van der Waals surface area (Å²) in [7, 11) is 0. The molecule has 0 saturated carbocycles. The van der Waals surface area contributed by atoms with Crippen LogP contribution in [0.5, 0.6) is 0 Å². The summed E-state index contributed by atoms with van der Waals surface area (Å²) in [5.41, 5.74) is 0. The van der Waals surface area contributed by atoms with E-state index in [0.29, 0.717) is 12.1 Å². The Morgan fingerprint density at radius 3 is 2.10 bits per heavy atom. The molecule has 1 rings (SSSR count). The van der Waals surface area contributed by atoms with Crippen LogP contribution in [0.15, 0.2) is 0 Å².